The topological polar surface area (TPSA) is 30.7 Å². The molecule has 0 spiro atoms. The van der Waals surface area contributed by atoms with E-state index in [1.807, 2.05) is 91.0 Å². The molecule has 0 aliphatic rings. The molecular weight excluding hydrogens is 549 g/mol. The van der Waals surface area contributed by atoms with Crippen LogP contribution in [0.3, 0.4) is 0 Å². The van der Waals surface area contributed by atoms with Gasteiger partial charge in [-0.25, -0.2) is 10.8 Å². The van der Waals surface area contributed by atoms with Gasteiger partial charge < -0.3 is 0 Å². The van der Waals surface area contributed by atoms with E-state index in [4.69, 9.17) is 9.97 Å². The number of hydrogen-bond acceptors (Lipinski definition) is 2. The van der Waals surface area contributed by atoms with Crippen LogP contribution in [-0.4, -0.2) is 14.5 Å². The molecule has 3 aromatic heterocycles. The molecule has 30 heavy (non-hydrogen) atoms. The van der Waals surface area contributed by atoms with Crippen molar-refractivity contribution in [1.29, 1.82) is 0 Å². The van der Waals surface area contributed by atoms with Crippen molar-refractivity contribution in [2.45, 2.75) is 0 Å². The third-order valence-corrected chi connectivity index (χ3v) is 4.66. The Morgan fingerprint density at radius 3 is 1.57 bits per heavy atom. The van der Waals surface area contributed by atoms with E-state index in [1.54, 1.807) is 0 Å². The van der Waals surface area contributed by atoms with Crippen LogP contribution in [0.1, 0.15) is 0 Å². The van der Waals surface area contributed by atoms with E-state index in [1.165, 1.54) is 0 Å². The zero-order valence-corrected chi connectivity index (χ0v) is 18.2. The monoisotopic (exact) mass is 566 g/mol. The van der Waals surface area contributed by atoms with Gasteiger partial charge in [0.05, 0.1) is 0 Å². The van der Waals surface area contributed by atoms with Crippen LogP contribution in [0, 0.1) is 12.1 Å². The van der Waals surface area contributed by atoms with Gasteiger partial charge in [0.25, 0.3) is 0 Å². The van der Waals surface area contributed by atoms with Gasteiger partial charge in [-0.3, -0.25) is 14.5 Å². The van der Waals surface area contributed by atoms with E-state index in [9.17, 15) is 0 Å². The molecule has 146 valence electrons. The second kappa shape index (κ2) is 9.02. The molecule has 3 heterocycles. The first kappa shape index (κ1) is 20.0. The van der Waals surface area contributed by atoms with Crippen molar-refractivity contribution in [3.05, 3.63) is 115 Å². The largest absolute Gasteiger partial charge is 2.00 e. The number of hydrogen-bond donors (Lipinski definition) is 0. The first-order valence-corrected chi connectivity index (χ1v) is 9.45. The fraction of sp³-hybridized carbons (Fsp3) is 0. The quantitative estimate of drug-likeness (QED) is 0.233. The van der Waals surface area contributed by atoms with Gasteiger partial charge in [0.1, 0.15) is 11.3 Å². The second-order valence-electron chi connectivity index (χ2n) is 6.64. The van der Waals surface area contributed by atoms with Crippen molar-refractivity contribution >= 4 is 33.1 Å². The molecule has 2 aromatic carbocycles. The molecule has 4 bridgehead atoms. The van der Waals surface area contributed by atoms with Crippen LogP contribution in [0.15, 0.2) is 103 Å². The predicted molar refractivity (Wildman–Crippen MR) is 118 cm³/mol. The van der Waals surface area contributed by atoms with Crippen LogP contribution in [0.25, 0.3) is 38.8 Å². The van der Waals surface area contributed by atoms with E-state index in [0.29, 0.717) is 0 Å². The number of fused-ring (bicyclic) bond motifs is 5. The second-order valence-corrected chi connectivity index (χ2v) is 6.64. The molecule has 0 amide bonds. The zero-order valence-electron chi connectivity index (χ0n) is 16.0. The maximum absolute atomic E-state index is 4.86. The number of rotatable bonds is 1. The van der Waals surface area contributed by atoms with Gasteiger partial charge >= 0.3 is 21.1 Å². The Hall–Kier alpha value is -3.29. The van der Waals surface area contributed by atoms with Crippen LogP contribution in [0.4, 0.5) is 0 Å². The summed E-state index contributed by atoms with van der Waals surface area (Å²) in [5.41, 5.74) is 4.27. The summed E-state index contributed by atoms with van der Waals surface area (Å²) in [6.45, 7) is 0. The van der Waals surface area contributed by atoms with Crippen molar-refractivity contribution in [3.63, 3.8) is 0 Å². The van der Waals surface area contributed by atoms with Crippen LogP contribution in [0.5, 0.6) is 0 Å². The fourth-order valence-electron chi connectivity index (χ4n) is 3.29. The first-order valence-electron chi connectivity index (χ1n) is 9.45. The fourth-order valence-corrected chi connectivity index (χ4v) is 3.29. The maximum Gasteiger partial charge on any atom is 2.00 e. The van der Waals surface area contributed by atoms with Crippen molar-refractivity contribution in [3.8, 4) is 5.69 Å². The van der Waals surface area contributed by atoms with E-state index in [2.05, 4.69) is 28.8 Å². The van der Waals surface area contributed by atoms with Crippen molar-refractivity contribution in [2.24, 2.45) is 0 Å². The molecular formula is C26H17N3Pt. The molecule has 0 saturated heterocycles. The molecule has 0 N–H and O–H groups in total. The SMILES string of the molecule is [Pt+2].[c-]1cc2cccc(n2)n(-c2ccccc2)c2cccc(c[c-]c3ccccc13)n2. The minimum atomic E-state index is 0. The molecule has 0 saturated carbocycles. The van der Waals surface area contributed by atoms with Gasteiger partial charge in [-0.15, -0.1) is 24.3 Å². The van der Waals surface area contributed by atoms with Gasteiger partial charge in [-0.05, 0) is 35.3 Å². The van der Waals surface area contributed by atoms with Crippen LogP contribution >= 0.6 is 0 Å². The zero-order chi connectivity index (χ0) is 19.5. The van der Waals surface area contributed by atoms with E-state index >= 15 is 0 Å². The van der Waals surface area contributed by atoms with Gasteiger partial charge in [0.2, 0.25) is 0 Å². The minimum absolute atomic E-state index is 0. The summed E-state index contributed by atoms with van der Waals surface area (Å²) < 4.78 is 2.06. The minimum Gasteiger partial charge on any atom is -0.280 e. The molecule has 0 atom stereocenters. The van der Waals surface area contributed by atoms with Crippen LogP contribution in [-0.2, 0) is 21.1 Å². The molecule has 5 aromatic rings. The summed E-state index contributed by atoms with van der Waals surface area (Å²) in [6, 6.07) is 40.7. The van der Waals surface area contributed by atoms with E-state index in [0.717, 1.165) is 38.8 Å². The average Bonchev–Trinajstić information content (AvgIpc) is 2.78. The molecule has 0 aliphatic heterocycles. The van der Waals surface area contributed by atoms with Gasteiger partial charge in [-0.1, -0.05) is 42.5 Å². The normalized spacial score (nSPS) is 10.4. The molecule has 5 rings (SSSR count). The molecule has 0 radical (unpaired) electrons. The average molecular weight is 567 g/mol. The summed E-state index contributed by atoms with van der Waals surface area (Å²) >= 11 is 0. The van der Waals surface area contributed by atoms with Crippen molar-refractivity contribution in [1.82, 2.24) is 14.5 Å². The third kappa shape index (κ3) is 4.17. The molecule has 0 unspecified atom stereocenters. The summed E-state index contributed by atoms with van der Waals surface area (Å²) in [5, 5.41) is 1.93. The Labute approximate surface area is 189 Å². The Kier molecular flexibility index (Phi) is 6.01. The van der Waals surface area contributed by atoms with Gasteiger partial charge in [0, 0.05) is 5.69 Å². The third-order valence-electron chi connectivity index (χ3n) is 4.66. The Bertz CT molecular complexity index is 1320. The van der Waals surface area contributed by atoms with Crippen LogP contribution < -0.4 is 0 Å². The Morgan fingerprint density at radius 1 is 0.533 bits per heavy atom. The first-order chi connectivity index (χ1) is 14.4. The van der Waals surface area contributed by atoms with Crippen LogP contribution in [0.2, 0.25) is 0 Å². The van der Waals surface area contributed by atoms with Gasteiger partial charge in [0.15, 0.2) is 0 Å². The van der Waals surface area contributed by atoms with Gasteiger partial charge in [-0.2, -0.15) is 24.3 Å². The molecule has 4 heteroatoms. The van der Waals surface area contributed by atoms with Crippen molar-refractivity contribution < 1.29 is 21.1 Å². The summed E-state index contributed by atoms with van der Waals surface area (Å²) in [4.78, 5) is 9.72. The maximum atomic E-state index is 4.86. The number of aromatic nitrogens is 3. The van der Waals surface area contributed by atoms with E-state index in [-0.39, 0.29) is 21.1 Å². The molecule has 0 fully saturated rings. The number of nitrogens with zero attached hydrogens (tertiary/aromatic N) is 3. The standard InChI is InChI=1S/C26H17N3.Pt/c1-2-12-24(13-3-1)29-25-14-6-10-22(27-25)18-16-20-8-4-5-9-21(20)17-19-23-11-7-15-26(29)28-23;/h1-15,18-19H;/q-2;+2. The number of pyridine rings is 2. The molecule has 0 aliphatic carbocycles. The number of para-hydroxylation sites is 1. The molecule has 3 nitrogen and oxygen atoms in total. The number of benzene rings is 2. The smallest absolute Gasteiger partial charge is 0.280 e. The van der Waals surface area contributed by atoms with E-state index < -0.39 is 0 Å². The summed E-state index contributed by atoms with van der Waals surface area (Å²) in [6.07, 6.45) is 0. The Balaban J connectivity index is 0.00000218. The summed E-state index contributed by atoms with van der Waals surface area (Å²) in [5.74, 6) is 0. The summed E-state index contributed by atoms with van der Waals surface area (Å²) in [7, 11) is 0. The predicted octanol–water partition coefficient (Wildman–Crippen LogP) is 6.01. The van der Waals surface area contributed by atoms with Crippen molar-refractivity contribution in [2.75, 3.05) is 0 Å². The Morgan fingerprint density at radius 2 is 1.03 bits per heavy atom.